The van der Waals surface area contributed by atoms with Crippen LogP contribution in [0.1, 0.15) is 36.5 Å². The minimum atomic E-state index is -4.94. The Labute approximate surface area is 196 Å². The number of benzene rings is 1. The van der Waals surface area contributed by atoms with E-state index in [0.717, 1.165) is 13.0 Å². The van der Waals surface area contributed by atoms with Crippen molar-refractivity contribution in [2.24, 2.45) is 0 Å². The Morgan fingerprint density at radius 3 is 2.50 bits per heavy atom. The molecular formula is C20H21ClF3NO9. The van der Waals surface area contributed by atoms with Crippen molar-refractivity contribution in [1.82, 2.24) is 0 Å². The van der Waals surface area contributed by atoms with Crippen molar-refractivity contribution in [2.75, 3.05) is 13.2 Å². The van der Waals surface area contributed by atoms with Crippen molar-refractivity contribution < 1.29 is 51.6 Å². The highest BCUT2D eigenvalue weighted by Gasteiger charge is 2.49. The van der Waals surface area contributed by atoms with E-state index in [9.17, 15) is 32.9 Å². The van der Waals surface area contributed by atoms with E-state index in [1.165, 1.54) is 6.07 Å². The van der Waals surface area contributed by atoms with Crippen molar-refractivity contribution in [2.45, 2.75) is 52.2 Å². The quantitative estimate of drug-likeness (QED) is 0.153. The van der Waals surface area contributed by atoms with Crippen LogP contribution >= 0.6 is 11.6 Å². The smallest absolute Gasteiger partial charge is 0.475 e. The van der Waals surface area contributed by atoms with Gasteiger partial charge >= 0.3 is 18.3 Å². The summed E-state index contributed by atoms with van der Waals surface area (Å²) in [7, 11) is 0. The van der Waals surface area contributed by atoms with Gasteiger partial charge in [0.2, 0.25) is 12.4 Å². The zero-order valence-electron chi connectivity index (χ0n) is 18.3. The molecule has 1 heterocycles. The number of hydrogen-bond acceptors (Lipinski definition) is 9. The molecule has 188 valence electrons. The van der Waals surface area contributed by atoms with E-state index in [-0.39, 0.29) is 37.4 Å². The van der Waals surface area contributed by atoms with Crippen LogP contribution in [-0.2, 0) is 23.8 Å². The first-order valence-corrected chi connectivity index (χ1v) is 10.3. The number of hydrogen-bond donors (Lipinski definition) is 0. The number of rotatable bonds is 9. The number of aryl methyl sites for hydroxylation is 1. The molecule has 14 heteroatoms. The highest BCUT2D eigenvalue weighted by Crippen LogP contribution is 2.41. The summed E-state index contributed by atoms with van der Waals surface area (Å²) in [5.41, 5.74) is 0.262. The monoisotopic (exact) mass is 511 g/mol. The van der Waals surface area contributed by atoms with Crippen molar-refractivity contribution in [3.8, 4) is 5.75 Å². The topological polar surface area (TPSA) is 123 Å². The Balaban J connectivity index is 2.03. The minimum absolute atomic E-state index is 0.0882. The molecule has 0 spiro atoms. The zero-order valence-corrected chi connectivity index (χ0v) is 19.0. The van der Waals surface area contributed by atoms with E-state index in [4.69, 9.17) is 30.5 Å². The molecule has 10 nitrogen and oxygen atoms in total. The lowest BCUT2D eigenvalue weighted by molar-refractivity contribution is -0.757. The molecule has 2 rings (SSSR count). The van der Waals surface area contributed by atoms with Crippen molar-refractivity contribution in [3.05, 3.63) is 43.5 Å². The molecule has 0 saturated carbocycles. The SMILES string of the molecule is Cc1cc2c(c(C)c1Cl)C=C(C(=O)OC(C)OC(=O)OCCCCO[N+](=O)[O-])C(C(F)(F)F)O2. The van der Waals surface area contributed by atoms with Gasteiger partial charge in [0.25, 0.3) is 5.09 Å². The van der Waals surface area contributed by atoms with Gasteiger partial charge in [0.15, 0.2) is 0 Å². The van der Waals surface area contributed by atoms with Gasteiger partial charge in [-0.1, -0.05) is 11.6 Å². The second-order valence-electron chi connectivity index (χ2n) is 7.14. The molecule has 0 fully saturated rings. The summed E-state index contributed by atoms with van der Waals surface area (Å²) in [6, 6.07) is 1.34. The number of carbonyl (C=O) groups is 2. The van der Waals surface area contributed by atoms with E-state index in [2.05, 4.69) is 4.84 Å². The van der Waals surface area contributed by atoms with Crippen LogP contribution in [0.4, 0.5) is 18.0 Å². The molecular weight excluding hydrogens is 491 g/mol. The maximum absolute atomic E-state index is 13.6. The molecule has 2 atom stereocenters. The number of ether oxygens (including phenoxy) is 4. The lowest BCUT2D eigenvalue weighted by Gasteiger charge is -2.29. The lowest BCUT2D eigenvalue weighted by atomic mass is 9.96. The predicted molar refractivity (Wildman–Crippen MR) is 110 cm³/mol. The van der Waals surface area contributed by atoms with Gasteiger partial charge in [-0.05, 0) is 50.0 Å². The van der Waals surface area contributed by atoms with Gasteiger partial charge in [-0.25, -0.2) is 9.59 Å². The maximum Gasteiger partial charge on any atom is 0.511 e. The molecule has 0 amide bonds. The molecule has 1 aromatic carbocycles. The van der Waals surface area contributed by atoms with Crippen molar-refractivity contribution in [3.63, 3.8) is 0 Å². The maximum atomic E-state index is 13.6. The summed E-state index contributed by atoms with van der Waals surface area (Å²) in [5, 5.41) is 9.35. The van der Waals surface area contributed by atoms with E-state index in [0.29, 0.717) is 16.1 Å². The Morgan fingerprint density at radius 1 is 1.24 bits per heavy atom. The van der Waals surface area contributed by atoms with Crippen LogP contribution in [0.15, 0.2) is 11.6 Å². The highest BCUT2D eigenvalue weighted by atomic mass is 35.5. The van der Waals surface area contributed by atoms with Gasteiger partial charge in [0.05, 0.1) is 18.8 Å². The van der Waals surface area contributed by atoms with Gasteiger partial charge in [-0.3, -0.25) is 0 Å². The third-order valence-corrected chi connectivity index (χ3v) is 5.12. The minimum Gasteiger partial charge on any atom is -0.475 e. The van der Waals surface area contributed by atoms with Gasteiger partial charge in [-0.2, -0.15) is 13.2 Å². The second-order valence-corrected chi connectivity index (χ2v) is 7.51. The normalized spacial score (nSPS) is 15.9. The molecule has 2 unspecified atom stereocenters. The number of carbonyl (C=O) groups excluding carboxylic acids is 2. The van der Waals surface area contributed by atoms with Gasteiger partial charge < -0.3 is 23.8 Å². The first kappa shape index (κ1) is 27.0. The molecule has 0 saturated heterocycles. The Kier molecular flexibility index (Phi) is 8.96. The van der Waals surface area contributed by atoms with Crippen molar-refractivity contribution in [1.29, 1.82) is 0 Å². The molecule has 1 aliphatic rings. The third kappa shape index (κ3) is 7.14. The number of nitrogens with zero attached hydrogens (tertiary/aromatic N) is 1. The fourth-order valence-corrected chi connectivity index (χ4v) is 3.11. The first-order chi connectivity index (χ1) is 15.8. The predicted octanol–water partition coefficient (Wildman–Crippen LogP) is 4.69. The van der Waals surface area contributed by atoms with Crippen LogP contribution < -0.4 is 4.74 Å². The van der Waals surface area contributed by atoms with Crippen molar-refractivity contribution >= 4 is 29.8 Å². The standard InChI is InChI=1S/C20H21ClF3NO9/c1-10-8-15-13(11(2)16(10)21)9-14(17(34-15)20(22,23)24)18(26)32-12(3)33-19(27)30-6-4-5-7-31-25(28)29/h8-9,12,17H,4-7H2,1-3H3. The second kappa shape index (κ2) is 11.3. The van der Waals surface area contributed by atoms with E-state index in [1.54, 1.807) is 13.8 Å². The third-order valence-electron chi connectivity index (χ3n) is 4.54. The number of fused-ring (bicyclic) bond motifs is 1. The Hall–Kier alpha value is -3.22. The van der Waals surface area contributed by atoms with Crippen LogP contribution in [0.3, 0.4) is 0 Å². The Bertz CT molecular complexity index is 981. The average molecular weight is 512 g/mol. The van der Waals surface area contributed by atoms with Crippen LogP contribution in [0.25, 0.3) is 6.08 Å². The first-order valence-electron chi connectivity index (χ1n) is 9.87. The summed E-state index contributed by atoms with van der Waals surface area (Å²) in [4.78, 5) is 38.2. The summed E-state index contributed by atoms with van der Waals surface area (Å²) in [6.07, 6.45) is -8.96. The van der Waals surface area contributed by atoms with E-state index in [1.807, 2.05) is 0 Å². The fourth-order valence-electron chi connectivity index (χ4n) is 2.96. The summed E-state index contributed by atoms with van der Waals surface area (Å²) < 4.78 is 60.1. The Morgan fingerprint density at radius 2 is 1.88 bits per heavy atom. The molecule has 34 heavy (non-hydrogen) atoms. The van der Waals surface area contributed by atoms with Gasteiger partial charge in [-0.15, -0.1) is 10.1 Å². The zero-order chi connectivity index (χ0) is 25.6. The lowest BCUT2D eigenvalue weighted by Crippen LogP contribution is -2.41. The molecule has 0 N–H and O–H groups in total. The number of alkyl halides is 3. The molecule has 0 bridgehead atoms. The van der Waals surface area contributed by atoms with E-state index < -0.39 is 41.4 Å². The summed E-state index contributed by atoms with van der Waals surface area (Å²) in [5.74, 6) is -1.50. The largest absolute Gasteiger partial charge is 0.511 e. The summed E-state index contributed by atoms with van der Waals surface area (Å²) >= 11 is 6.16. The number of esters is 1. The van der Waals surface area contributed by atoms with Gasteiger partial charge in [0, 0.05) is 17.5 Å². The van der Waals surface area contributed by atoms with Crippen LogP contribution in [-0.4, -0.2) is 49.0 Å². The van der Waals surface area contributed by atoms with Gasteiger partial charge in [0.1, 0.15) is 5.75 Å². The van der Waals surface area contributed by atoms with Crippen LogP contribution in [0, 0.1) is 24.0 Å². The molecule has 0 aliphatic carbocycles. The molecule has 1 aliphatic heterocycles. The van der Waals surface area contributed by atoms with E-state index >= 15 is 0 Å². The number of unbranched alkanes of at least 4 members (excludes halogenated alkanes) is 1. The van der Waals surface area contributed by atoms with Crippen LogP contribution in [0.5, 0.6) is 5.75 Å². The fraction of sp³-hybridized carbons (Fsp3) is 0.500. The molecule has 0 aromatic heterocycles. The summed E-state index contributed by atoms with van der Waals surface area (Å²) in [6.45, 7) is 3.91. The van der Waals surface area contributed by atoms with Crippen LogP contribution in [0.2, 0.25) is 5.02 Å². The number of halogens is 4. The highest BCUT2D eigenvalue weighted by molar-refractivity contribution is 6.32. The molecule has 0 radical (unpaired) electrons. The average Bonchev–Trinajstić information content (AvgIpc) is 2.72. The molecule has 1 aromatic rings.